The van der Waals surface area contributed by atoms with Gasteiger partial charge in [0.1, 0.15) is 12.0 Å². The van der Waals surface area contributed by atoms with Gasteiger partial charge in [-0.2, -0.15) is 0 Å². The highest BCUT2D eigenvalue weighted by atomic mass is 79.9. The second kappa shape index (κ2) is 5.17. The molecule has 0 bridgehead atoms. The van der Waals surface area contributed by atoms with Crippen LogP contribution in [-0.4, -0.2) is 13.4 Å². The number of carbonyl (C=O) groups is 1. The van der Waals surface area contributed by atoms with Gasteiger partial charge in [-0.3, -0.25) is 4.79 Å². The molecule has 14 heavy (non-hydrogen) atoms. The SMILES string of the molecule is COc1c(Br)cc(Cl)cc1/C=C/C=O. The van der Waals surface area contributed by atoms with Gasteiger partial charge >= 0.3 is 0 Å². The summed E-state index contributed by atoms with van der Waals surface area (Å²) in [7, 11) is 1.56. The standard InChI is InChI=1S/C10H8BrClO2/c1-14-10-7(3-2-4-13)5-8(12)6-9(10)11/h2-6H,1H3/b3-2+. The van der Waals surface area contributed by atoms with E-state index in [4.69, 9.17) is 16.3 Å². The summed E-state index contributed by atoms with van der Waals surface area (Å²) in [6.07, 6.45) is 3.73. The van der Waals surface area contributed by atoms with Crippen molar-refractivity contribution in [1.82, 2.24) is 0 Å². The van der Waals surface area contributed by atoms with Crippen LogP contribution in [0.4, 0.5) is 0 Å². The van der Waals surface area contributed by atoms with Gasteiger partial charge in [-0.25, -0.2) is 0 Å². The van der Waals surface area contributed by atoms with Crippen molar-refractivity contribution in [2.75, 3.05) is 7.11 Å². The van der Waals surface area contributed by atoms with Crippen LogP contribution in [0.25, 0.3) is 6.08 Å². The number of carbonyl (C=O) groups excluding carboxylic acids is 1. The van der Waals surface area contributed by atoms with E-state index in [9.17, 15) is 4.79 Å². The second-order valence-electron chi connectivity index (χ2n) is 2.51. The van der Waals surface area contributed by atoms with Gasteiger partial charge in [-0.1, -0.05) is 11.6 Å². The third-order valence-corrected chi connectivity index (χ3v) is 2.40. The van der Waals surface area contributed by atoms with E-state index in [-0.39, 0.29) is 0 Å². The van der Waals surface area contributed by atoms with Gasteiger partial charge in [0.25, 0.3) is 0 Å². The first-order valence-corrected chi connectivity index (χ1v) is 5.01. The van der Waals surface area contributed by atoms with Crippen molar-refractivity contribution in [2.24, 2.45) is 0 Å². The van der Waals surface area contributed by atoms with E-state index in [1.807, 2.05) is 0 Å². The van der Waals surface area contributed by atoms with Crippen molar-refractivity contribution < 1.29 is 9.53 Å². The lowest BCUT2D eigenvalue weighted by Crippen LogP contribution is -1.88. The van der Waals surface area contributed by atoms with Crippen LogP contribution in [0, 0.1) is 0 Å². The Hall–Kier alpha value is -0.800. The quantitative estimate of drug-likeness (QED) is 0.625. The molecule has 1 rings (SSSR count). The first kappa shape index (κ1) is 11.3. The highest BCUT2D eigenvalue weighted by molar-refractivity contribution is 9.10. The Balaban J connectivity index is 3.24. The summed E-state index contributed by atoms with van der Waals surface area (Å²) in [6.45, 7) is 0. The van der Waals surface area contributed by atoms with Crippen LogP contribution < -0.4 is 4.74 Å². The number of hydrogen-bond acceptors (Lipinski definition) is 2. The van der Waals surface area contributed by atoms with Gasteiger partial charge in [-0.15, -0.1) is 0 Å². The third-order valence-electron chi connectivity index (χ3n) is 1.60. The molecule has 0 saturated carbocycles. The third kappa shape index (κ3) is 2.59. The molecule has 0 N–H and O–H groups in total. The smallest absolute Gasteiger partial charge is 0.142 e. The van der Waals surface area contributed by atoms with Gasteiger partial charge in [-0.05, 0) is 40.2 Å². The van der Waals surface area contributed by atoms with Crippen LogP contribution in [-0.2, 0) is 4.79 Å². The maximum Gasteiger partial charge on any atom is 0.142 e. The van der Waals surface area contributed by atoms with E-state index in [0.29, 0.717) is 17.1 Å². The van der Waals surface area contributed by atoms with Crippen LogP contribution in [0.15, 0.2) is 22.7 Å². The van der Waals surface area contributed by atoms with Gasteiger partial charge < -0.3 is 4.74 Å². The molecule has 0 fully saturated rings. The molecule has 0 aliphatic heterocycles. The molecule has 0 spiro atoms. The zero-order valence-corrected chi connectivity index (χ0v) is 9.80. The van der Waals surface area contributed by atoms with Gasteiger partial charge in [0.15, 0.2) is 0 Å². The molecule has 1 aromatic rings. The molecule has 2 nitrogen and oxygen atoms in total. The van der Waals surface area contributed by atoms with Crippen molar-refractivity contribution in [3.8, 4) is 5.75 Å². The Labute approximate surface area is 95.6 Å². The summed E-state index contributed by atoms with van der Waals surface area (Å²) in [6, 6.07) is 3.46. The number of aldehydes is 1. The fourth-order valence-electron chi connectivity index (χ4n) is 1.06. The average Bonchev–Trinajstić information content (AvgIpc) is 2.14. The molecule has 4 heteroatoms. The van der Waals surface area contributed by atoms with Crippen LogP contribution in [0.1, 0.15) is 5.56 Å². The topological polar surface area (TPSA) is 26.3 Å². The van der Waals surface area contributed by atoms with E-state index in [0.717, 1.165) is 10.0 Å². The number of halogens is 2. The molecule has 0 heterocycles. The molecule has 1 aromatic carbocycles. The number of hydrogen-bond donors (Lipinski definition) is 0. The molecule has 0 aliphatic carbocycles. The van der Waals surface area contributed by atoms with Crippen molar-refractivity contribution in [2.45, 2.75) is 0 Å². The summed E-state index contributed by atoms with van der Waals surface area (Å²) in [4.78, 5) is 10.2. The average molecular weight is 276 g/mol. The Morgan fingerprint density at radius 1 is 1.50 bits per heavy atom. The minimum atomic E-state index is 0.586. The Kier molecular flexibility index (Phi) is 4.17. The highest BCUT2D eigenvalue weighted by Crippen LogP contribution is 2.33. The summed E-state index contributed by atoms with van der Waals surface area (Å²) in [5.74, 6) is 0.660. The fraction of sp³-hybridized carbons (Fsp3) is 0.100. The highest BCUT2D eigenvalue weighted by Gasteiger charge is 2.06. The van der Waals surface area contributed by atoms with E-state index >= 15 is 0 Å². The first-order chi connectivity index (χ1) is 6.69. The number of rotatable bonds is 3. The fourth-order valence-corrected chi connectivity index (χ4v) is 2.06. The zero-order valence-electron chi connectivity index (χ0n) is 7.46. The Morgan fingerprint density at radius 2 is 2.21 bits per heavy atom. The molecular weight excluding hydrogens is 267 g/mol. The minimum absolute atomic E-state index is 0.586. The molecular formula is C10H8BrClO2. The normalized spacial score (nSPS) is 10.5. The number of benzene rings is 1. The van der Waals surface area contributed by atoms with Crippen molar-refractivity contribution in [3.05, 3.63) is 33.3 Å². The number of ether oxygens (including phenoxy) is 1. The molecule has 0 aliphatic rings. The maximum atomic E-state index is 10.2. The van der Waals surface area contributed by atoms with Crippen LogP contribution in [0.3, 0.4) is 0 Å². The predicted molar refractivity (Wildman–Crippen MR) is 60.8 cm³/mol. The summed E-state index contributed by atoms with van der Waals surface area (Å²) in [5, 5.41) is 0.586. The summed E-state index contributed by atoms with van der Waals surface area (Å²) in [5.41, 5.74) is 0.763. The van der Waals surface area contributed by atoms with Gasteiger partial charge in [0, 0.05) is 10.6 Å². The van der Waals surface area contributed by atoms with Gasteiger partial charge in [0.05, 0.1) is 11.6 Å². The lowest BCUT2D eigenvalue weighted by molar-refractivity contribution is -0.104. The van der Waals surface area contributed by atoms with Crippen molar-refractivity contribution in [1.29, 1.82) is 0 Å². The molecule has 0 radical (unpaired) electrons. The summed E-state index contributed by atoms with van der Waals surface area (Å²) >= 11 is 9.17. The molecule has 0 amide bonds. The minimum Gasteiger partial charge on any atom is -0.495 e. The lowest BCUT2D eigenvalue weighted by Gasteiger charge is -2.07. The van der Waals surface area contributed by atoms with E-state index in [2.05, 4.69) is 15.9 Å². The van der Waals surface area contributed by atoms with Crippen LogP contribution in [0.5, 0.6) is 5.75 Å². The number of allylic oxidation sites excluding steroid dienone is 1. The largest absolute Gasteiger partial charge is 0.495 e. The van der Waals surface area contributed by atoms with E-state index < -0.39 is 0 Å². The van der Waals surface area contributed by atoms with Gasteiger partial charge in [0.2, 0.25) is 0 Å². The molecule has 74 valence electrons. The van der Waals surface area contributed by atoms with Crippen molar-refractivity contribution in [3.63, 3.8) is 0 Å². The van der Waals surface area contributed by atoms with Crippen LogP contribution >= 0.6 is 27.5 Å². The van der Waals surface area contributed by atoms with E-state index in [1.165, 1.54) is 6.08 Å². The maximum absolute atomic E-state index is 10.2. The summed E-state index contributed by atoms with van der Waals surface area (Å²) < 4.78 is 5.92. The Bertz CT molecular complexity index is 375. The second-order valence-corrected chi connectivity index (χ2v) is 3.80. The zero-order chi connectivity index (χ0) is 10.6. The molecule has 0 atom stereocenters. The number of methoxy groups -OCH3 is 1. The lowest BCUT2D eigenvalue weighted by atomic mass is 10.2. The molecule has 0 unspecified atom stereocenters. The van der Waals surface area contributed by atoms with Crippen molar-refractivity contribution >= 4 is 39.9 Å². The monoisotopic (exact) mass is 274 g/mol. The van der Waals surface area contributed by atoms with Crippen LogP contribution in [0.2, 0.25) is 5.02 Å². The first-order valence-electron chi connectivity index (χ1n) is 3.84. The molecule has 0 saturated heterocycles. The predicted octanol–water partition coefficient (Wildman–Crippen LogP) is 3.32. The molecule has 0 aromatic heterocycles. The Morgan fingerprint density at radius 3 is 2.79 bits per heavy atom. The van der Waals surface area contributed by atoms with E-state index in [1.54, 1.807) is 25.3 Å².